The number of piperazine rings is 1. The lowest BCUT2D eigenvalue weighted by Gasteiger charge is -2.33. The summed E-state index contributed by atoms with van der Waals surface area (Å²) < 4.78 is 6.29. The summed E-state index contributed by atoms with van der Waals surface area (Å²) in [5, 5.41) is 4.26. The summed E-state index contributed by atoms with van der Waals surface area (Å²) >= 11 is 0. The summed E-state index contributed by atoms with van der Waals surface area (Å²) in [5.74, 6) is -0.249. The van der Waals surface area contributed by atoms with Crippen molar-refractivity contribution in [1.29, 1.82) is 0 Å². The highest BCUT2D eigenvalue weighted by Gasteiger charge is 2.26. The van der Waals surface area contributed by atoms with Gasteiger partial charge in [0.15, 0.2) is 0 Å². The molecule has 2 heterocycles. The molecule has 3 rings (SSSR count). The first-order valence-electron chi connectivity index (χ1n) is 9.32. The Morgan fingerprint density at radius 1 is 1.00 bits per heavy atom. The minimum atomic E-state index is -0.362. The summed E-state index contributed by atoms with van der Waals surface area (Å²) in [6, 6.07) is 10.6. The molecule has 0 spiro atoms. The highest BCUT2D eigenvalue weighted by atomic mass is 16.6. The average Bonchev–Trinajstić information content (AvgIpc) is 2.71. The second-order valence-electron chi connectivity index (χ2n) is 6.68. The molecule has 0 bridgehead atoms. The van der Waals surface area contributed by atoms with Gasteiger partial charge in [-0.1, -0.05) is 29.8 Å². The molecule has 8 nitrogen and oxygen atoms in total. The summed E-state index contributed by atoms with van der Waals surface area (Å²) in [6.45, 7) is 6.00. The molecule has 148 valence electrons. The second-order valence-corrected chi connectivity index (χ2v) is 6.68. The maximum atomic E-state index is 12.8. The standard InChI is InChI=1S/C20H24N4O4/c1-3-28-20(27)23-12-10-22(11-13-23)19(26)17-8-9-18(25)24(21-17)14-16-6-4-15(2)5-7-16/h4-9H,3,10-14H2,1-2H3. The van der Waals surface area contributed by atoms with Crippen LogP contribution < -0.4 is 5.56 Å². The lowest BCUT2D eigenvalue weighted by Crippen LogP contribution is -2.51. The maximum Gasteiger partial charge on any atom is 0.409 e. The molecular weight excluding hydrogens is 360 g/mol. The van der Waals surface area contributed by atoms with Crippen LogP contribution in [0.3, 0.4) is 0 Å². The molecule has 1 fully saturated rings. The van der Waals surface area contributed by atoms with Gasteiger partial charge in [-0.25, -0.2) is 9.48 Å². The van der Waals surface area contributed by atoms with Crippen molar-refractivity contribution >= 4 is 12.0 Å². The fourth-order valence-electron chi connectivity index (χ4n) is 3.01. The Balaban J connectivity index is 1.68. The van der Waals surface area contributed by atoms with E-state index in [1.165, 1.54) is 16.8 Å². The second kappa shape index (κ2) is 8.69. The predicted octanol–water partition coefficient (Wildman–Crippen LogP) is 1.51. The summed E-state index contributed by atoms with van der Waals surface area (Å²) in [7, 11) is 0. The van der Waals surface area contributed by atoms with Crippen molar-refractivity contribution in [3.05, 3.63) is 63.6 Å². The van der Waals surface area contributed by atoms with Gasteiger partial charge < -0.3 is 14.5 Å². The Labute approximate surface area is 163 Å². The van der Waals surface area contributed by atoms with Gasteiger partial charge in [0.1, 0.15) is 5.69 Å². The van der Waals surface area contributed by atoms with Crippen LogP contribution in [-0.2, 0) is 11.3 Å². The van der Waals surface area contributed by atoms with E-state index in [1.54, 1.807) is 16.7 Å². The molecule has 0 unspecified atom stereocenters. The van der Waals surface area contributed by atoms with Crippen molar-refractivity contribution in [3.8, 4) is 0 Å². The van der Waals surface area contributed by atoms with Crippen molar-refractivity contribution in [1.82, 2.24) is 19.6 Å². The van der Waals surface area contributed by atoms with Gasteiger partial charge >= 0.3 is 6.09 Å². The third-order valence-electron chi connectivity index (χ3n) is 4.63. The smallest absolute Gasteiger partial charge is 0.409 e. The zero-order valence-corrected chi connectivity index (χ0v) is 16.1. The van der Waals surface area contributed by atoms with Gasteiger partial charge in [0.25, 0.3) is 11.5 Å². The Morgan fingerprint density at radius 3 is 2.29 bits per heavy atom. The number of rotatable bonds is 4. The van der Waals surface area contributed by atoms with Gasteiger partial charge in [-0.15, -0.1) is 0 Å². The zero-order chi connectivity index (χ0) is 20.1. The van der Waals surface area contributed by atoms with Crippen LogP contribution >= 0.6 is 0 Å². The van der Waals surface area contributed by atoms with Crippen molar-refractivity contribution in [2.24, 2.45) is 0 Å². The molecular formula is C20H24N4O4. The Morgan fingerprint density at radius 2 is 1.64 bits per heavy atom. The fraction of sp³-hybridized carbons (Fsp3) is 0.400. The number of amides is 2. The maximum absolute atomic E-state index is 12.8. The molecule has 28 heavy (non-hydrogen) atoms. The van der Waals surface area contributed by atoms with E-state index in [0.29, 0.717) is 39.3 Å². The van der Waals surface area contributed by atoms with Crippen LogP contribution in [0.1, 0.15) is 28.5 Å². The number of carbonyl (C=O) groups excluding carboxylic acids is 2. The van der Waals surface area contributed by atoms with E-state index in [0.717, 1.165) is 11.1 Å². The first-order chi connectivity index (χ1) is 13.5. The summed E-state index contributed by atoms with van der Waals surface area (Å²) in [5.41, 5.74) is 2.03. The molecule has 1 aromatic heterocycles. The monoisotopic (exact) mass is 384 g/mol. The van der Waals surface area contributed by atoms with E-state index in [1.807, 2.05) is 31.2 Å². The Kier molecular flexibility index (Phi) is 6.08. The van der Waals surface area contributed by atoms with E-state index in [4.69, 9.17) is 4.74 Å². The van der Waals surface area contributed by atoms with Gasteiger partial charge in [-0.3, -0.25) is 9.59 Å². The van der Waals surface area contributed by atoms with Gasteiger partial charge in [0, 0.05) is 32.2 Å². The summed E-state index contributed by atoms with van der Waals surface area (Å²) in [4.78, 5) is 39.9. The van der Waals surface area contributed by atoms with Crippen LogP contribution in [0.15, 0.2) is 41.2 Å². The topological polar surface area (TPSA) is 84.7 Å². The Hall–Kier alpha value is -3.16. The number of benzene rings is 1. The molecule has 1 aliphatic heterocycles. The van der Waals surface area contributed by atoms with E-state index >= 15 is 0 Å². The predicted molar refractivity (Wildman–Crippen MR) is 103 cm³/mol. The van der Waals surface area contributed by atoms with Gasteiger partial charge in [0.2, 0.25) is 0 Å². The molecule has 2 aromatic rings. The number of carbonyl (C=O) groups is 2. The molecule has 8 heteroatoms. The van der Waals surface area contributed by atoms with Crippen LogP contribution in [0, 0.1) is 6.92 Å². The third kappa shape index (κ3) is 4.57. The third-order valence-corrected chi connectivity index (χ3v) is 4.63. The van der Waals surface area contributed by atoms with E-state index in [9.17, 15) is 14.4 Å². The average molecular weight is 384 g/mol. The minimum absolute atomic E-state index is 0.219. The Bertz CT molecular complexity index is 899. The molecule has 0 atom stereocenters. The molecule has 0 N–H and O–H groups in total. The van der Waals surface area contributed by atoms with E-state index in [2.05, 4.69) is 5.10 Å². The van der Waals surface area contributed by atoms with Crippen molar-refractivity contribution in [2.45, 2.75) is 20.4 Å². The largest absolute Gasteiger partial charge is 0.450 e. The lowest BCUT2D eigenvalue weighted by atomic mass is 10.1. The number of hydrogen-bond acceptors (Lipinski definition) is 5. The van der Waals surface area contributed by atoms with Gasteiger partial charge in [-0.05, 0) is 25.5 Å². The van der Waals surface area contributed by atoms with E-state index in [-0.39, 0.29) is 23.3 Å². The first-order valence-corrected chi connectivity index (χ1v) is 9.32. The van der Waals surface area contributed by atoms with E-state index < -0.39 is 0 Å². The molecule has 0 radical (unpaired) electrons. The van der Waals surface area contributed by atoms with Crippen LogP contribution in [-0.4, -0.2) is 64.4 Å². The molecule has 1 aromatic carbocycles. The van der Waals surface area contributed by atoms with Crippen LogP contribution in [0.5, 0.6) is 0 Å². The lowest BCUT2D eigenvalue weighted by molar-refractivity contribution is 0.0564. The highest BCUT2D eigenvalue weighted by molar-refractivity contribution is 5.92. The molecule has 0 aliphatic carbocycles. The fourth-order valence-corrected chi connectivity index (χ4v) is 3.01. The SMILES string of the molecule is CCOC(=O)N1CCN(C(=O)c2ccc(=O)n(Cc3ccc(C)cc3)n2)CC1. The van der Waals surface area contributed by atoms with Crippen molar-refractivity contribution in [2.75, 3.05) is 32.8 Å². The quantitative estimate of drug-likeness (QED) is 0.798. The zero-order valence-electron chi connectivity index (χ0n) is 16.1. The molecule has 1 saturated heterocycles. The van der Waals surface area contributed by atoms with Crippen LogP contribution in [0.2, 0.25) is 0 Å². The molecule has 0 saturated carbocycles. The highest BCUT2D eigenvalue weighted by Crippen LogP contribution is 2.09. The first kappa shape index (κ1) is 19.6. The van der Waals surface area contributed by atoms with Crippen molar-refractivity contribution in [3.63, 3.8) is 0 Å². The minimum Gasteiger partial charge on any atom is -0.450 e. The van der Waals surface area contributed by atoms with Crippen LogP contribution in [0.25, 0.3) is 0 Å². The number of aromatic nitrogens is 2. The number of nitrogens with zero attached hydrogens (tertiary/aromatic N) is 4. The normalized spacial score (nSPS) is 14.1. The molecule has 1 aliphatic rings. The summed E-state index contributed by atoms with van der Waals surface area (Å²) in [6.07, 6.45) is -0.362. The number of hydrogen-bond donors (Lipinski definition) is 0. The number of ether oxygens (including phenoxy) is 1. The van der Waals surface area contributed by atoms with Gasteiger partial charge in [-0.2, -0.15) is 5.10 Å². The van der Waals surface area contributed by atoms with Crippen molar-refractivity contribution < 1.29 is 14.3 Å². The van der Waals surface area contributed by atoms with Gasteiger partial charge in [0.05, 0.1) is 13.2 Å². The number of aryl methyl sites for hydroxylation is 1. The van der Waals surface area contributed by atoms with Crippen LogP contribution in [0.4, 0.5) is 4.79 Å². The molecule has 2 amide bonds.